The van der Waals surface area contributed by atoms with Crippen LogP contribution in [0.5, 0.6) is 0 Å². The molecule has 0 bridgehead atoms. The number of rotatable bonds is 3. The fourth-order valence-electron chi connectivity index (χ4n) is 2.70. The maximum Gasteiger partial charge on any atom is 0.181 e. The zero-order valence-corrected chi connectivity index (χ0v) is 15.0. The second-order valence-electron chi connectivity index (χ2n) is 5.58. The normalized spacial score (nSPS) is 11.5. The molecular formula is C15H16IN5O. The second kappa shape index (κ2) is 5.45. The molecule has 6 nitrogen and oxygen atoms in total. The summed E-state index contributed by atoms with van der Waals surface area (Å²) >= 11 is 2.24. The quantitative estimate of drug-likeness (QED) is 0.493. The molecule has 0 unspecified atom stereocenters. The summed E-state index contributed by atoms with van der Waals surface area (Å²) in [5, 5.41) is 9.73. The molecule has 0 saturated heterocycles. The van der Waals surface area contributed by atoms with E-state index in [1.165, 1.54) is 5.56 Å². The molecule has 7 heteroatoms. The van der Waals surface area contributed by atoms with Crippen molar-refractivity contribution in [2.75, 3.05) is 0 Å². The first-order valence-electron chi connectivity index (χ1n) is 6.97. The highest BCUT2D eigenvalue weighted by Gasteiger charge is 2.19. The van der Waals surface area contributed by atoms with Gasteiger partial charge < -0.3 is 0 Å². The highest BCUT2D eigenvalue weighted by Crippen LogP contribution is 2.28. The maximum absolute atomic E-state index is 11.4. The van der Waals surface area contributed by atoms with Crippen LogP contribution in [0.2, 0.25) is 0 Å². The van der Waals surface area contributed by atoms with Crippen molar-refractivity contribution in [1.29, 1.82) is 0 Å². The molecule has 0 atom stereocenters. The second-order valence-corrected chi connectivity index (χ2v) is 6.60. The molecule has 0 aliphatic carbocycles. The number of fused-ring (bicyclic) bond motifs is 1. The average molecular weight is 409 g/mol. The summed E-state index contributed by atoms with van der Waals surface area (Å²) in [6.07, 6.45) is 2.64. The van der Waals surface area contributed by atoms with E-state index in [2.05, 4.69) is 51.6 Å². The van der Waals surface area contributed by atoms with Crippen molar-refractivity contribution in [1.82, 2.24) is 24.5 Å². The lowest BCUT2D eigenvalue weighted by atomic mass is 10.1. The number of pyridine rings is 1. The number of carbonyl (C=O) groups excluding carboxylic acids is 1. The van der Waals surface area contributed by atoms with Gasteiger partial charge in [0.2, 0.25) is 0 Å². The molecule has 0 saturated carbocycles. The topological polar surface area (TPSA) is 65.6 Å². The zero-order valence-electron chi connectivity index (χ0n) is 12.8. The molecule has 0 spiro atoms. The fourth-order valence-corrected chi connectivity index (χ4v) is 3.93. The smallest absolute Gasteiger partial charge is 0.181 e. The summed E-state index contributed by atoms with van der Waals surface area (Å²) in [5.41, 5.74) is 3.84. The van der Waals surface area contributed by atoms with Crippen LogP contribution in [0.25, 0.3) is 16.7 Å². The van der Waals surface area contributed by atoms with Crippen LogP contribution >= 0.6 is 22.6 Å². The summed E-state index contributed by atoms with van der Waals surface area (Å²) in [6.45, 7) is 6.30. The van der Waals surface area contributed by atoms with Gasteiger partial charge in [0.1, 0.15) is 9.39 Å². The molecule has 0 radical (unpaired) electrons. The van der Waals surface area contributed by atoms with Crippen LogP contribution in [0.1, 0.15) is 41.5 Å². The lowest BCUT2D eigenvalue weighted by molar-refractivity contribution is 0.111. The zero-order chi connectivity index (χ0) is 16.0. The first-order chi connectivity index (χ1) is 10.4. The standard InChI is InChI=1S/C15H16IN5O/c1-8(2)13-9(3)21(18-14(13)16)12-5-10-6-20(4)19-15(10)17-11(12)7-22/h5-8H,1-4H3. The Morgan fingerprint density at radius 2 is 2.05 bits per heavy atom. The summed E-state index contributed by atoms with van der Waals surface area (Å²) < 4.78 is 4.45. The van der Waals surface area contributed by atoms with E-state index in [1.807, 2.05) is 26.2 Å². The lowest BCUT2D eigenvalue weighted by Crippen LogP contribution is -2.06. The van der Waals surface area contributed by atoms with Crippen LogP contribution in [0.4, 0.5) is 0 Å². The highest BCUT2D eigenvalue weighted by molar-refractivity contribution is 14.1. The van der Waals surface area contributed by atoms with Gasteiger partial charge in [-0.1, -0.05) is 13.8 Å². The molecule has 3 aromatic heterocycles. The first-order valence-corrected chi connectivity index (χ1v) is 8.05. The number of hydrogen-bond acceptors (Lipinski definition) is 4. The van der Waals surface area contributed by atoms with Gasteiger partial charge in [0.05, 0.1) is 5.69 Å². The Bertz CT molecular complexity index is 878. The van der Waals surface area contributed by atoms with Crippen molar-refractivity contribution in [2.45, 2.75) is 26.7 Å². The predicted molar refractivity (Wildman–Crippen MR) is 92.6 cm³/mol. The number of halogens is 1. The van der Waals surface area contributed by atoms with Crippen LogP contribution in [-0.4, -0.2) is 30.8 Å². The number of hydrogen-bond donors (Lipinski definition) is 0. The van der Waals surface area contributed by atoms with E-state index in [1.54, 1.807) is 9.36 Å². The van der Waals surface area contributed by atoms with Gasteiger partial charge in [-0.25, -0.2) is 9.67 Å². The Balaban J connectivity index is 2.29. The third-order valence-electron chi connectivity index (χ3n) is 3.65. The molecule has 3 aromatic rings. The van der Waals surface area contributed by atoms with Crippen LogP contribution in [-0.2, 0) is 7.05 Å². The number of nitrogens with zero attached hydrogens (tertiary/aromatic N) is 5. The molecule has 3 heterocycles. The molecule has 0 aliphatic rings. The Kier molecular flexibility index (Phi) is 3.75. The largest absolute Gasteiger partial charge is 0.296 e. The Labute approximate surface area is 141 Å². The van der Waals surface area contributed by atoms with Crippen molar-refractivity contribution in [3.05, 3.63) is 32.9 Å². The molecule has 0 fully saturated rings. The third kappa shape index (κ3) is 2.33. The molecule has 3 rings (SSSR count). The van der Waals surface area contributed by atoms with E-state index in [0.29, 0.717) is 22.9 Å². The van der Waals surface area contributed by atoms with E-state index in [4.69, 9.17) is 0 Å². The number of aromatic nitrogens is 5. The maximum atomic E-state index is 11.4. The summed E-state index contributed by atoms with van der Waals surface area (Å²) in [5.74, 6) is 0.371. The van der Waals surface area contributed by atoms with Gasteiger partial charge in [0, 0.05) is 29.9 Å². The monoisotopic (exact) mass is 409 g/mol. The predicted octanol–water partition coefficient (Wildman–Crippen LogP) is 3.00. The van der Waals surface area contributed by atoms with E-state index in [9.17, 15) is 4.79 Å². The Hall–Kier alpha value is -1.77. The minimum Gasteiger partial charge on any atom is -0.296 e. The Morgan fingerprint density at radius 1 is 1.32 bits per heavy atom. The Morgan fingerprint density at radius 3 is 2.64 bits per heavy atom. The average Bonchev–Trinajstić information content (AvgIpc) is 2.95. The summed E-state index contributed by atoms with van der Waals surface area (Å²) in [6, 6.07) is 1.92. The lowest BCUT2D eigenvalue weighted by Gasteiger charge is -2.08. The summed E-state index contributed by atoms with van der Waals surface area (Å²) in [4.78, 5) is 15.8. The van der Waals surface area contributed by atoms with E-state index < -0.39 is 0 Å². The highest BCUT2D eigenvalue weighted by atomic mass is 127. The van der Waals surface area contributed by atoms with Gasteiger partial charge in [-0.05, 0) is 41.5 Å². The van der Waals surface area contributed by atoms with Crippen molar-refractivity contribution < 1.29 is 4.79 Å². The van der Waals surface area contributed by atoms with Crippen LogP contribution < -0.4 is 0 Å². The minimum atomic E-state index is 0.350. The van der Waals surface area contributed by atoms with Crippen LogP contribution in [0.3, 0.4) is 0 Å². The van der Waals surface area contributed by atoms with Crippen molar-refractivity contribution in [2.24, 2.45) is 7.05 Å². The SMILES string of the molecule is Cc1c(C(C)C)c(I)nn1-c1cc2cn(C)nc2nc1C=O. The number of carbonyl (C=O) groups is 1. The first kappa shape index (κ1) is 15.1. The van der Waals surface area contributed by atoms with Gasteiger partial charge in [-0.2, -0.15) is 10.2 Å². The van der Waals surface area contributed by atoms with E-state index in [0.717, 1.165) is 21.1 Å². The molecule has 0 amide bonds. The van der Waals surface area contributed by atoms with Gasteiger partial charge >= 0.3 is 0 Å². The number of aryl methyl sites for hydroxylation is 1. The third-order valence-corrected chi connectivity index (χ3v) is 4.45. The van der Waals surface area contributed by atoms with Gasteiger partial charge in [-0.15, -0.1) is 0 Å². The van der Waals surface area contributed by atoms with E-state index >= 15 is 0 Å². The van der Waals surface area contributed by atoms with Crippen molar-refractivity contribution in [3.63, 3.8) is 0 Å². The molecular weight excluding hydrogens is 393 g/mol. The van der Waals surface area contributed by atoms with E-state index in [-0.39, 0.29) is 0 Å². The van der Waals surface area contributed by atoms with Gasteiger partial charge in [0.15, 0.2) is 11.9 Å². The molecule has 114 valence electrons. The molecule has 22 heavy (non-hydrogen) atoms. The fraction of sp³-hybridized carbons (Fsp3) is 0.333. The molecule has 0 N–H and O–H groups in total. The summed E-state index contributed by atoms with van der Waals surface area (Å²) in [7, 11) is 1.83. The minimum absolute atomic E-state index is 0.350. The van der Waals surface area contributed by atoms with Crippen LogP contribution in [0.15, 0.2) is 12.3 Å². The molecule has 0 aliphatic heterocycles. The van der Waals surface area contributed by atoms with Crippen molar-refractivity contribution >= 4 is 39.9 Å². The molecule has 0 aromatic carbocycles. The van der Waals surface area contributed by atoms with Gasteiger partial charge in [0.25, 0.3) is 0 Å². The van der Waals surface area contributed by atoms with Gasteiger partial charge in [-0.3, -0.25) is 9.48 Å². The van der Waals surface area contributed by atoms with Crippen molar-refractivity contribution in [3.8, 4) is 5.69 Å². The van der Waals surface area contributed by atoms with Crippen LogP contribution in [0, 0.1) is 10.6 Å². The number of aldehydes is 1.